The number of anilines is 1. The molecule has 132 valence electrons. The number of aromatic nitrogens is 2. The van der Waals surface area contributed by atoms with Crippen LogP contribution in [0, 0.1) is 13.8 Å². The van der Waals surface area contributed by atoms with Crippen molar-refractivity contribution in [3.8, 4) is 0 Å². The predicted octanol–water partition coefficient (Wildman–Crippen LogP) is 2.67. The highest BCUT2D eigenvalue weighted by molar-refractivity contribution is 9.10. The maximum absolute atomic E-state index is 12.2. The van der Waals surface area contributed by atoms with Crippen LogP contribution in [0.5, 0.6) is 0 Å². The van der Waals surface area contributed by atoms with E-state index in [0.29, 0.717) is 15.0 Å². The Balaban J connectivity index is 2.10. The number of esters is 1. The fraction of sp³-hybridized carbons (Fsp3) is 0.250. The van der Waals surface area contributed by atoms with E-state index in [4.69, 9.17) is 4.74 Å². The number of pyridine rings is 1. The lowest BCUT2D eigenvalue weighted by Gasteiger charge is -2.07. The topological polar surface area (TPSA) is 90.3 Å². The maximum atomic E-state index is 12.2. The van der Waals surface area contributed by atoms with Gasteiger partial charge in [0.25, 0.3) is 5.56 Å². The molecule has 0 saturated carbocycles. The normalized spacial score (nSPS) is 10.4. The first kappa shape index (κ1) is 19.1. The summed E-state index contributed by atoms with van der Waals surface area (Å²) in [4.78, 5) is 40.5. The third-order valence-corrected chi connectivity index (χ3v) is 4.67. The summed E-state index contributed by atoms with van der Waals surface area (Å²) in [5.74, 6) is -0.936. The summed E-state index contributed by atoms with van der Waals surface area (Å²) in [6.07, 6.45) is 3.06. The van der Waals surface area contributed by atoms with Gasteiger partial charge in [0.2, 0.25) is 5.91 Å². The van der Waals surface area contributed by atoms with E-state index in [1.165, 1.54) is 10.6 Å². The summed E-state index contributed by atoms with van der Waals surface area (Å²) in [5, 5.41) is 2.87. The third-order valence-electron chi connectivity index (χ3n) is 3.05. The van der Waals surface area contributed by atoms with Gasteiger partial charge >= 0.3 is 5.97 Å². The molecule has 0 unspecified atom stereocenters. The Bertz CT molecular complexity index is 888. The van der Waals surface area contributed by atoms with Gasteiger partial charge in [0.05, 0.1) is 10.2 Å². The fourth-order valence-corrected chi connectivity index (χ4v) is 3.48. The number of ether oxygens (including phenoxy) is 1. The minimum atomic E-state index is -0.519. The first-order valence-electron chi connectivity index (χ1n) is 7.23. The monoisotopic (exact) mass is 425 g/mol. The minimum absolute atomic E-state index is 0.100. The van der Waals surface area contributed by atoms with Gasteiger partial charge in [-0.1, -0.05) is 24.0 Å². The summed E-state index contributed by atoms with van der Waals surface area (Å²) in [6.45, 7) is 6.89. The molecule has 9 heteroatoms. The Hall–Kier alpha value is -2.26. The highest BCUT2D eigenvalue weighted by Gasteiger charge is 2.18. The number of halogens is 1. The zero-order valence-electron chi connectivity index (χ0n) is 13.7. The molecule has 0 aliphatic rings. The number of hydrogen-bond donors (Lipinski definition) is 1. The molecule has 25 heavy (non-hydrogen) atoms. The van der Waals surface area contributed by atoms with Gasteiger partial charge in [-0.25, -0.2) is 9.78 Å². The third kappa shape index (κ3) is 4.86. The quantitative estimate of drug-likeness (QED) is 0.567. The second kappa shape index (κ2) is 8.21. The number of carbonyl (C=O) groups is 2. The van der Waals surface area contributed by atoms with E-state index >= 15 is 0 Å². The van der Waals surface area contributed by atoms with Gasteiger partial charge in [-0.3, -0.25) is 9.59 Å². The number of amides is 1. The van der Waals surface area contributed by atoms with Crippen LogP contribution in [0.2, 0.25) is 0 Å². The van der Waals surface area contributed by atoms with E-state index in [1.54, 1.807) is 19.2 Å². The molecule has 2 heterocycles. The Labute approximate surface area is 156 Å². The fourth-order valence-electron chi connectivity index (χ4n) is 2.01. The van der Waals surface area contributed by atoms with Crippen molar-refractivity contribution < 1.29 is 14.3 Å². The highest BCUT2D eigenvalue weighted by atomic mass is 79.9. The summed E-state index contributed by atoms with van der Waals surface area (Å²) in [6, 6.07) is 1.68. The van der Waals surface area contributed by atoms with Gasteiger partial charge in [0.15, 0.2) is 5.13 Å². The van der Waals surface area contributed by atoms with Gasteiger partial charge in [-0.05, 0) is 41.4 Å². The van der Waals surface area contributed by atoms with Crippen molar-refractivity contribution in [3.05, 3.63) is 55.9 Å². The Morgan fingerprint density at radius 3 is 2.88 bits per heavy atom. The number of carbonyl (C=O) groups excluding carboxylic acids is 2. The van der Waals surface area contributed by atoms with Crippen molar-refractivity contribution in [3.63, 3.8) is 0 Å². The van der Waals surface area contributed by atoms with Crippen molar-refractivity contribution in [2.75, 3.05) is 11.9 Å². The Morgan fingerprint density at radius 1 is 1.48 bits per heavy atom. The molecule has 0 aliphatic heterocycles. The van der Waals surface area contributed by atoms with E-state index in [2.05, 4.69) is 32.8 Å². The van der Waals surface area contributed by atoms with E-state index in [9.17, 15) is 14.4 Å². The van der Waals surface area contributed by atoms with Crippen LogP contribution in [0.25, 0.3) is 0 Å². The van der Waals surface area contributed by atoms with Crippen LogP contribution in [-0.2, 0) is 16.1 Å². The van der Waals surface area contributed by atoms with Gasteiger partial charge in [-0.2, -0.15) is 0 Å². The number of hydrogen-bond acceptors (Lipinski definition) is 6. The molecule has 0 atom stereocenters. The number of nitrogens with one attached hydrogen (secondary N) is 1. The van der Waals surface area contributed by atoms with Gasteiger partial charge in [0, 0.05) is 6.20 Å². The van der Waals surface area contributed by atoms with Gasteiger partial charge < -0.3 is 14.6 Å². The van der Waals surface area contributed by atoms with Crippen LogP contribution in [0.3, 0.4) is 0 Å². The molecule has 0 aromatic carbocycles. The number of thiazole rings is 1. The van der Waals surface area contributed by atoms with E-state index in [0.717, 1.165) is 16.9 Å². The molecule has 0 spiro atoms. The molecular weight excluding hydrogens is 410 g/mol. The first-order chi connectivity index (χ1) is 11.8. The highest BCUT2D eigenvalue weighted by Crippen LogP contribution is 2.23. The molecule has 2 aromatic heterocycles. The number of aryl methyl sites for hydroxylation is 2. The SMILES string of the molecule is C=CCOC(=O)c1sc(NC(=O)Cn2cc(C)cc(Br)c2=O)nc1C. The van der Waals surface area contributed by atoms with E-state index in [1.807, 2.05) is 6.92 Å². The second-order valence-corrected chi connectivity index (χ2v) is 7.02. The summed E-state index contributed by atoms with van der Waals surface area (Å²) < 4.78 is 6.65. The number of nitrogens with zero attached hydrogens (tertiary/aromatic N) is 2. The Morgan fingerprint density at radius 2 is 2.20 bits per heavy atom. The van der Waals surface area contributed by atoms with Crippen LogP contribution < -0.4 is 10.9 Å². The molecule has 0 radical (unpaired) electrons. The van der Waals surface area contributed by atoms with Crippen LogP contribution in [0.1, 0.15) is 20.9 Å². The molecule has 0 bridgehead atoms. The summed E-state index contributed by atoms with van der Waals surface area (Å²) in [5.41, 5.74) is 1.01. The summed E-state index contributed by atoms with van der Waals surface area (Å²) >= 11 is 4.19. The lowest BCUT2D eigenvalue weighted by atomic mass is 10.3. The molecule has 1 N–H and O–H groups in total. The Kier molecular flexibility index (Phi) is 6.27. The van der Waals surface area contributed by atoms with Gasteiger partial charge in [-0.15, -0.1) is 0 Å². The lowest BCUT2D eigenvalue weighted by molar-refractivity contribution is -0.116. The predicted molar refractivity (Wildman–Crippen MR) is 99.1 cm³/mol. The van der Waals surface area contributed by atoms with Gasteiger partial charge in [0.1, 0.15) is 18.0 Å². The molecule has 1 amide bonds. The maximum Gasteiger partial charge on any atom is 0.350 e. The van der Waals surface area contributed by atoms with E-state index in [-0.39, 0.29) is 23.8 Å². The molecule has 0 fully saturated rings. The molecule has 0 aliphatic carbocycles. The van der Waals surface area contributed by atoms with Crippen molar-refractivity contribution in [2.24, 2.45) is 0 Å². The van der Waals surface area contributed by atoms with Crippen molar-refractivity contribution in [2.45, 2.75) is 20.4 Å². The van der Waals surface area contributed by atoms with Crippen molar-refractivity contribution in [1.29, 1.82) is 0 Å². The zero-order valence-corrected chi connectivity index (χ0v) is 16.1. The average Bonchev–Trinajstić information content (AvgIpc) is 2.90. The summed E-state index contributed by atoms with van der Waals surface area (Å²) in [7, 11) is 0. The first-order valence-corrected chi connectivity index (χ1v) is 8.84. The molecular formula is C16H16BrN3O4S. The van der Waals surface area contributed by atoms with E-state index < -0.39 is 11.9 Å². The standard InChI is InChI=1S/C16H16BrN3O4S/c1-4-5-24-15(23)13-10(3)18-16(25-13)19-12(21)8-20-7-9(2)6-11(17)14(20)22/h4,6-7H,1,5,8H2,2-3H3,(H,18,19,21). The zero-order chi connectivity index (χ0) is 18.6. The lowest BCUT2D eigenvalue weighted by Crippen LogP contribution is -2.27. The van der Waals surface area contributed by atoms with Crippen molar-refractivity contribution >= 4 is 44.3 Å². The minimum Gasteiger partial charge on any atom is -0.457 e. The number of rotatable bonds is 6. The average molecular weight is 426 g/mol. The van der Waals surface area contributed by atoms with Crippen LogP contribution >= 0.6 is 27.3 Å². The van der Waals surface area contributed by atoms with Crippen LogP contribution in [0.4, 0.5) is 5.13 Å². The van der Waals surface area contributed by atoms with Crippen LogP contribution in [-0.4, -0.2) is 28.0 Å². The molecule has 0 saturated heterocycles. The smallest absolute Gasteiger partial charge is 0.350 e. The molecule has 7 nitrogen and oxygen atoms in total. The molecule has 2 rings (SSSR count). The van der Waals surface area contributed by atoms with Crippen molar-refractivity contribution in [1.82, 2.24) is 9.55 Å². The molecule has 2 aromatic rings. The largest absolute Gasteiger partial charge is 0.457 e. The van der Waals surface area contributed by atoms with Crippen LogP contribution in [0.15, 0.2) is 34.2 Å². The second-order valence-electron chi connectivity index (χ2n) is 5.17.